The molecule has 8 rings (SSSR count). The number of benzene rings is 8. The lowest BCUT2D eigenvalue weighted by Crippen LogP contribution is -1.92. The molecular formula is C40H22N2. The molecule has 8 aromatic carbocycles. The van der Waals surface area contributed by atoms with E-state index >= 15 is 0 Å². The van der Waals surface area contributed by atoms with Gasteiger partial charge >= 0.3 is 0 Å². The molecule has 2 heteroatoms. The van der Waals surface area contributed by atoms with E-state index in [4.69, 9.17) is 6.57 Å². The van der Waals surface area contributed by atoms with Gasteiger partial charge in [-0.1, -0.05) is 109 Å². The van der Waals surface area contributed by atoms with Gasteiger partial charge in [-0.25, -0.2) is 4.85 Å². The van der Waals surface area contributed by atoms with E-state index < -0.39 is 0 Å². The van der Waals surface area contributed by atoms with Crippen LogP contribution in [-0.4, -0.2) is 0 Å². The summed E-state index contributed by atoms with van der Waals surface area (Å²) < 4.78 is 0. The summed E-state index contributed by atoms with van der Waals surface area (Å²) in [6.45, 7) is 7.43. The predicted molar refractivity (Wildman–Crippen MR) is 175 cm³/mol. The Morgan fingerprint density at radius 3 is 1.79 bits per heavy atom. The molecule has 0 aliphatic carbocycles. The first-order chi connectivity index (χ1) is 20.7. The Kier molecular flexibility index (Phi) is 5.29. The second-order valence-electron chi connectivity index (χ2n) is 10.7. The van der Waals surface area contributed by atoms with Crippen LogP contribution in [0.1, 0.15) is 5.56 Å². The van der Waals surface area contributed by atoms with E-state index in [1.807, 2.05) is 36.4 Å². The van der Waals surface area contributed by atoms with Gasteiger partial charge in [-0.3, -0.25) is 0 Å². The Morgan fingerprint density at radius 2 is 1.05 bits per heavy atom. The van der Waals surface area contributed by atoms with E-state index in [9.17, 15) is 5.26 Å². The molecule has 0 saturated heterocycles. The molecule has 0 aliphatic rings. The minimum atomic E-state index is 0.637. The summed E-state index contributed by atoms with van der Waals surface area (Å²) in [6.07, 6.45) is 0. The van der Waals surface area contributed by atoms with Gasteiger partial charge in [-0.2, -0.15) is 5.26 Å². The number of nitrogens with zero attached hydrogens (tertiary/aromatic N) is 2. The Balaban J connectivity index is 1.48. The molecule has 192 valence electrons. The van der Waals surface area contributed by atoms with Crippen molar-refractivity contribution in [1.82, 2.24) is 0 Å². The second kappa shape index (κ2) is 9.31. The van der Waals surface area contributed by atoms with Crippen molar-refractivity contribution in [2.24, 2.45) is 0 Å². The van der Waals surface area contributed by atoms with Gasteiger partial charge < -0.3 is 0 Å². The highest BCUT2D eigenvalue weighted by Crippen LogP contribution is 2.46. The van der Waals surface area contributed by atoms with Gasteiger partial charge in [-0.15, -0.1) is 0 Å². The lowest BCUT2D eigenvalue weighted by atomic mass is 9.84. The maximum atomic E-state index is 9.32. The molecular weight excluding hydrogens is 508 g/mol. The van der Waals surface area contributed by atoms with E-state index in [0.717, 1.165) is 22.3 Å². The standard InChI is InChI=1S/C40H22N2/c1-42-32-16-12-28(13-17-32)37-23-38(31-11-10-26-4-2-3-5-30(26)22-31)36-21-20-34-33(27-8-6-25(24-41)7-9-27)18-14-29-15-19-35(37)40(36)39(29)34/h2-23H. The fourth-order valence-electron chi connectivity index (χ4n) is 6.42. The average molecular weight is 531 g/mol. The topological polar surface area (TPSA) is 28.1 Å². The van der Waals surface area contributed by atoms with Crippen LogP contribution in [0.3, 0.4) is 0 Å². The maximum Gasteiger partial charge on any atom is 0.187 e. The molecule has 0 heterocycles. The third kappa shape index (κ3) is 3.64. The molecule has 8 aromatic rings. The summed E-state index contributed by atoms with van der Waals surface area (Å²) in [5, 5.41) is 19.1. The van der Waals surface area contributed by atoms with E-state index in [0.29, 0.717) is 11.3 Å². The van der Waals surface area contributed by atoms with Crippen molar-refractivity contribution in [1.29, 1.82) is 5.26 Å². The zero-order valence-corrected chi connectivity index (χ0v) is 22.6. The minimum Gasteiger partial charge on any atom is -0.238 e. The molecule has 0 radical (unpaired) electrons. The van der Waals surface area contributed by atoms with Crippen molar-refractivity contribution < 1.29 is 0 Å². The molecule has 0 saturated carbocycles. The summed E-state index contributed by atoms with van der Waals surface area (Å²) in [7, 11) is 0. The summed E-state index contributed by atoms with van der Waals surface area (Å²) >= 11 is 0. The fraction of sp³-hybridized carbons (Fsp3) is 0. The largest absolute Gasteiger partial charge is 0.238 e. The first-order valence-corrected chi connectivity index (χ1v) is 13.9. The summed E-state index contributed by atoms with van der Waals surface area (Å²) in [5.41, 5.74) is 8.16. The number of fused-ring (bicyclic) bond motifs is 1. The number of rotatable bonds is 3. The van der Waals surface area contributed by atoms with Gasteiger partial charge in [0.05, 0.1) is 18.2 Å². The normalized spacial score (nSPS) is 11.3. The van der Waals surface area contributed by atoms with Crippen LogP contribution in [0.2, 0.25) is 0 Å². The monoisotopic (exact) mass is 530 g/mol. The van der Waals surface area contributed by atoms with Crippen LogP contribution >= 0.6 is 0 Å². The Hall–Kier alpha value is -5.96. The lowest BCUT2D eigenvalue weighted by Gasteiger charge is -2.20. The zero-order chi connectivity index (χ0) is 28.2. The molecule has 0 fully saturated rings. The van der Waals surface area contributed by atoms with Gasteiger partial charge in [0.15, 0.2) is 5.69 Å². The molecule has 0 amide bonds. The highest BCUT2D eigenvalue weighted by Gasteiger charge is 2.18. The summed E-state index contributed by atoms with van der Waals surface area (Å²) in [5.74, 6) is 0. The Morgan fingerprint density at radius 1 is 0.476 bits per heavy atom. The molecule has 0 atom stereocenters. The van der Waals surface area contributed by atoms with E-state index in [2.05, 4.69) is 108 Å². The third-order valence-electron chi connectivity index (χ3n) is 8.47. The number of nitriles is 1. The van der Waals surface area contributed by atoms with Gasteiger partial charge in [0.1, 0.15) is 0 Å². The van der Waals surface area contributed by atoms with Gasteiger partial charge in [0.25, 0.3) is 0 Å². The van der Waals surface area contributed by atoms with Crippen molar-refractivity contribution in [3.05, 3.63) is 150 Å². The highest BCUT2D eigenvalue weighted by atomic mass is 14.6. The van der Waals surface area contributed by atoms with Gasteiger partial charge in [-0.05, 0) is 101 Å². The van der Waals surface area contributed by atoms with Crippen LogP contribution in [0, 0.1) is 17.9 Å². The van der Waals surface area contributed by atoms with Crippen LogP contribution in [0.4, 0.5) is 5.69 Å². The molecule has 0 unspecified atom stereocenters. The van der Waals surface area contributed by atoms with Crippen LogP contribution in [0.5, 0.6) is 0 Å². The molecule has 42 heavy (non-hydrogen) atoms. The predicted octanol–water partition coefficient (Wildman–Crippen LogP) is 11.2. The van der Waals surface area contributed by atoms with Crippen molar-refractivity contribution in [2.45, 2.75) is 0 Å². The summed E-state index contributed by atoms with van der Waals surface area (Å²) in [4.78, 5) is 3.61. The van der Waals surface area contributed by atoms with Crippen molar-refractivity contribution >= 4 is 48.8 Å². The van der Waals surface area contributed by atoms with Crippen LogP contribution in [0.25, 0.3) is 81.3 Å². The first kappa shape index (κ1) is 23.9. The SMILES string of the molecule is [C-]#[N+]c1ccc(-c2cc(-c3ccc4ccccc4c3)c3ccc4c(-c5ccc(C#N)cc5)ccc5ccc2c3c54)cc1. The molecule has 0 bridgehead atoms. The molecule has 0 aromatic heterocycles. The first-order valence-electron chi connectivity index (χ1n) is 13.9. The van der Waals surface area contributed by atoms with Crippen LogP contribution < -0.4 is 0 Å². The number of hydrogen-bond acceptors (Lipinski definition) is 1. The molecule has 0 aliphatic heterocycles. The smallest absolute Gasteiger partial charge is 0.187 e. The highest BCUT2D eigenvalue weighted by molar-refractivity contribution is 6.30. The van der Waals surface area contributed by atoms with Crippen LogP contribution in [-0.2, 0) is 0 Å². The van der Waals surface area contributed by atoms with Gasteiger partial charge in [0.2, 0.25) is 0 Å². The Labute approximate surface area is 243 Å². The maximum absolute atomic E-state index is 9.32. The minimum absolute atomic E-state index is 0.637. The van der Waals surface area contributed by atoms with E-state index in [-0.39, 0.29) is 0 Å². The fourth-order valence-corrected chi connectivity index (χ4v) is 6.42. The van der Waals surface area contributed by atoms with Crippen molar-refractivity contribution in [3.63, 3.8) is 0 Å². The van der Waals surface area contributed by atoms with E-state index in [1.54, 1.807) is 0 Å². The van der Waals surface area contributed by atoms with E-state index in [1.165, 1.54) is 54.2 Å². The molecule has 0 N–H and O–H groups in total. The third-order valence-corrected chi connectivity index (χ3v) is 8.47. The molecule has 2 nitrogen and oxygen atoms in total. The lowest BCUT2D eigenvalue weighted by molar-refractivity contribution is 1.48. The summed E-state index contributed by atoms with van der Waals surface area (Å²) in [6, 6.07) is 48.9. The Bertz CT molecular complexity index is 2400. The van der Waals surface area contributed by atoms with Gasteiger partial charge in [0, 0.05) is 0 Å². The van der Waals surface area contributed by atoms with Crippen molar-refractivity contribution in [2.75, 3.05) is 0 Å². The molecule has 0 spiro atoms. The second-order valence-corrected chi connectivity index (χ2v) is 10.7. The quantitative estimate of drug-likeness (QED) is 0.165. The zero-order valence-electron chi connectivity index (χ0n) is 22.6. The van der Waals surface area contributed by atoms with Crippen LogP contribution in [0.15, 0.2) is 133 Å². The number of hydrogen-bond donors (Lipinski definition) is 0. The average Bonchev–Trinajstić information content (AvgIpc) is 3.06. The van der Waals surface area contributed by atoms with Crippen molar-refractivity contribution in [3.8, 4) is 39.4 Å².